The summed E-state index contributed by atoms with van der Waals surface area (Å²) in [7, 11) is 1.92. The molecule has 0 spiro atoms. The molecule has 0 bridgehead atoms. The van der Waals surface area contributed by atoms with Crippen LogP contribution in [0.15, 0.2) is 30.3 Å². The fraction of sp³-hybridized carbons (Fsp3) is 0.389. The maximum atomic E-state index is 13.1. The van der Waals surface area contributed by atoms with Crippen LogP contribution in [0.4, 0.5) is 4.39 Å². The number of carbonyl (C=O) groups is 1. The van der Waals surface area contributed by atoms with E-state index in [9.17, 15) is 9.18 Å². The third kappa shape index (κ3) is 3.31. The number of hydrogen-bond donors (Lipinski definition) is 1. The Kier molecular flexibility index (Phi) is 4.78. The molecule has 1 unspecified atom stereocenters. The highest BCUT2D eigenvalue weighted by Crippen LogP contribution is 2.33. The Balaban J connectivity index is 1.85. The molecule has 1 atom stereocenters. The van der Waals surface area contributed by atoms with Gasteiger partial charge < -0.3 is 10.2 Å². The van der Waals surface area contributed by atoms with Crippen molar-refractivity contribution in [3.8, 4) is 11.1 Å². The largest absolute Gasteiger partial charge is 0.334 e. The molecule has 0 saturated carbocycles. The number of likely N-dealkylation sites (N-methyl/N-ethyl adjacent to an activating group) is 1. The molecule has 1 saturated heterocycles. The number of carbonyl (C=O) groups excluding carboxylic acids is 1. The van der Waals surface area contributed by atoms with Crippen molar-refractivity contribution in [1.82, 2.24) is 10.2 Å². The zero-order valence-electron chi connectivity index (χ0n) is 13.4. The molecule has 1 N–H and O–H groups in total. The van der Waals surface area contributed by atoms with E-state index in [1.165, 1.54) is 23.5 Å². The first-order valence-corrected chi connectivity index (χ1v) is 8.73. The summed E-state index contributed by atoms with van der Waals surface area (Å²) in [6, 6.07) is 8.67. The lowest BCUT2D eigenvalue weighted by atomic mass is 10.1. The molecular weight excluding hydrogens is 311 g/mol. The SMILES string of the molecule is CNCC1CCCN1C(=O)c1cc(-c2ccc(F)cc2)c(C)s1. The van der Waals surface area contributed by atoms with Crippen LogP contribution in [0.3, 0.4) is 0 Å². The maximum Gasteiger partial charge on any atom is 0.264 e. The van der Waals surface area contributed by atoms with Crippen LogP contribution in [-0.4, -0.2) is 37.0 Å². The molecule has 122 valence electrons. The van der Waals surface area contributed by atoms with Crippen molar-refractivity contribution in [1.29, 1.82) is 0 Å². The number of thiophene rings is 1. The molecule has 0 aliphatic carbocycles. The molecule has 3 nitrogen and oxygen atoms in total. The van der Waals surface area contributed by atoms with Gasteiger partial charge in [0.1, 0.15) is 5.82 Å². The van der Waals surface area contributed by atoms with Crippen LogP contribution in [0.2, 0.25) is 0 Å². The third-order valence-electron chi connectivity index (χ3n) is 4.36. The fourth-order valence-electron chi connectivity index (χ4n) is 3.20. The summed E-state index contributed by atoms with van der Waals surface area (Å²) >= 11 is 1.52. The first-order chi connectivity index (χ1) is 11.1. The lowest BCUT2D eigenvalue weighted by Crippen LogP contribution is -2.40. The second-order valence-electron chi connectivity index (χ2n) is 5.94. The molecule has 1 aliphatic heterocycles. The van der Waals surface area contributed by atoms with E-state index < -0.39 is 0 Å². The van der Waals surface area contributed by atoms with Gasteiger partial charge in [-0.2, -0.15) is 0 Å². The summed E-state index contributed by atoms with van der Waals surface area (Å²) in [5, 5.41) is 3.17. The van der Waals surface area contributed by atoms with Crippen molar-refractivity contribution >= 4 is 17.2 Å². The average Bonchev–Trinajstić information content (AvgIpc) is 3.15. The first-order valence-electron chi connectivity index (χ1n) is 7.92. The Morgan fingerprint density at radius 3 is 2.83 bits per heavy atom. The van der Waals surface area contributed by atoms with Gasteiger partial charge in [-0.25, -0.2) is 4.39 Å². The number of nitrogens with zero attached hydrogens (tertiary/aromatic N) is 1. The zero-order chi connectivity index (χ0) is 16.4. The number of likely N-dealkylation sites (tertiary alicyclic amines) is 1. The minimum absolute atomic E-state index is 0.115. The highest BCUT2D eigenvalue weighted by molar-refractivity contribution is 7.14. The van der Waals surface area contributed by atoms with E-state index in [1.54, 1.807) is 12.1 Å². The highest BCUT2D eigenvalue weighted by Gasteiger charge is 2.30. The second-order valence-corrected chi connectivity index (χ2v) is 7.20. The van der Waals surface area contributed by atoms with Gasteiger partial charge in [-0.3, -0.25) is 4.79 Å². The van der Waals surface area contributed by atoms with Gasteiger partial charge in [0.05, 0.1) is 4.88 Å². The van der Waals surface area contributed by atoms with Crippen LogP contribution in [0.5, 0.6) is 0 Å². The van der Waals surface area contributed by atoms with Gasteiger partial charge in [-0.05, 0) is 56.1 Å². The predicted molar refractivity (Wildman–Crippen MR) is 92.4 cm³/mol. The number of benzene rings is 1. The van der Waals surface area contributed by atoms with Gasteiger partial charge >= 0.3 is 0 Å². The Hall–Kier alpha value is -1.72. The van der Waals surface area contributed by atoms with Crippen LogP contribution in [0.1, 0.15) is 27.4 Å². The van der Waals surface area contributed by atoms with E-state index in [0.29, 0.717) is 0 Å². The van der Waals surface area contributed by atoms with Crippen molar-refractivity contribution in [2.75, 3.05) is 20.1 Å². The number of nitrogens with one attached hydrogen (secondary N) is 1. The number of amides is 1. The van der Waals surface area contributed by atoms with Crippen LogP contribution in [-0.2, 0) is 0 Å². The number of aryl methyl sites for hydroxylation is 1. The topological polar surface area (TPSA) is 32.3 Å². The van der Waals surface area contributed by atoms with Gasteiger partial charge in [0.25, 0.3) is 5.91 Å². The van der Waals surface area contributed by atoms with E-state index in [1.807, 2.05) is 24.9 Å². The van der Waals surface area contributed by atoms with E-state index in [0.717, 1.165) is 46.8 Å². The summed E-state index contributed by atoms with van der Waals surface area (Å²) in [5.74, 6) is -0.130. The monoisotopic (exact) mass is 332 g/mol. The van der Waals surface area contributed by atoms with Crippen molar-refractivity contribution in [3.63, 3.8) is 0 Å². The lowest BCUT2D eigenvalue weighted by Gasteiger charge is -2.23. The van der Waals surface area contributed by atoms with Gasteiger partial charge in [0.15, 0.2) is 0 Å². The van der Waals surface area contributed by atoms with E-state index in [-0.39, 0.29) is 17.8 Å². The van der Waals surface area contributed by atoms with Crippen molar-refractivity contribution < 1.29 is 9.18 Å². The number of halogens is 1. The molecule has 1 aliphatic rings. The summed E-state index contributed by atoms with van der Waals surface area (Å²) in [6.45, 7) is 3.67. The Morgan fingerprint density at radius 2 is 2.13 bits per heavy atom. The smallest absolute Gasteiger partial charge is 0.264 e. The Bertz CT molecular complexity index is 696. The van der Waals surface area contributed by atoms with Crippen LogP contribution < -0.4 is 5.32 Å². The number of rotatable bonds is 4. The van der Waals surface area contributed by atoms with Crippen molar-refractivity contribution in [3.05, 3.63) is 45.9 Å². The van der Waals surface area contributed by atoms with Gasteiger partial charge in [0, 0.05) is 24.0 Å². The lowest BCUT2D eigenvalue weighted by molar-refractivity contribution is 0.0742. The summed E-state index contributed by atoms with van der Waals surface area (Å²) in [5.41, 5.74) is 1.97. The first kappa shape index (κ1) is 16.1. The predicted octanol–water partition coefficient (Wildman–Crippen LogP) is 3.69. The molecule has 1 aromatic carbocycles. The van der Waals surface area contributed by atoms with Gasteiger partial charge in [-0.15, -0.1) is 11.3 Å². The highest BCUT2D eigenvalue weighted by atomic mass is 32.1. The van der Waals surface area contributed by atoms with Gasteiger partial charge in [-0.1, -0.05) is 12.1 Å². The Morgan fingerprint density at radius 1 is 1.39 bits per heavy atom. The molecule has 2 heterocycles. The summed E-state index contributed by atoms with van der Waals surface area (Å²) in [4.78, 5) is 16.7. The molecule has 5 heteroatoms. The molecule has 2 aromatic rings. The van der Waals surface area contributed by atoms with Crippen LogP contribution in [0, 0.1) is 12.7 Å². The fourth-order valence-corrected chi connectivity index (χ4v) is 4.19. The number of hydrogen-bond acceptors (Lipinski definition) is 3. The minimum atomic E-state index is -0.245. The molecule has 3 rings (SSSR count). The molecule has 1 fully saturated rings. The molecule has 1 aromatic heterocycles. The zero-order valence-corrected chi connectivity index (χ0v) is 14.3. The van der Waals surface area contributed by atoms with Crippen molar-refractivity contribution in [2.24, 2.45) is 0 Å². The molecular formula is C18H21FN2OS. The summed E-state index contributed by atoms with van der Waals surface area (Å²) < 4.78 is 13.1. The maximum absolute atomic E-state index is 13.1. The van der Waals surface area contributed by atoms with Crippen LogP contribution >= 0.6 is 11.3 Å². The van der Waals surface area contributed by atoms with Crippen LogP contribution in [0.25, 0.3) is 11.1 Å². The molecule has 1 amide bonds. The Labute approximate surface area is 140 Å². The molecule has 23 heavy (non-hydrogen) atoms. The normalized spacial score (nSPS) is 17.7. The van der Waals surface area contributed by atoms with E-state index in [2.05, 4.69) is 5.32 Å². The van der Waals surface area contributed by atoms with E-state index in [4.69, 9.17) is 0 Å². The second kappa shape index (κ2) is 6.81. The third-order valence-corrected chi connectivity index (χ3v) is 5.40. The average molecular weight is 332 g/mol. The van der Waals surface area contributed by atoms with Crippen molar-refractivity contribution in [2.45, 2.75) is 25.8 Å². The standard InChI is InChI=1S/C18H21FN2OS/c1-12-16(13-5-7-14(19)8-6-13)10-17(23-12)18(22)21-9-3-4-15(21)11-20-2/h5-8,10,15,20H,3-4,9,11H2,1-2H3. The minimum Gasteiger partial charge on any atom is -0.334 e. The van der Waals surface area contributed by atoms with E-state index >= 15 is 0 Å². The summed E-state index contributed by atoms with van der Waals surface area (Å²) in [6.07, 6.45) is 2.12. The quantitative estimate of drug-likeness (QED) is 0.926. The van der Waals surface area contributed by atoms with Gasteiger partial charge in [0.2, 0.25) is 0 Å². The molecule has 0 radical (unpaired) electrons.